The van der Waals surface area contributed by atoms with Crippen molar-refractivity contribution in [3.05, 3.63) is 28.5 Å². The van der Waals surface area contributed by atoms with Gasteiger partial charge in [-0.15, -0.1) is 0 Å². The zero-order valence-corrected chi connectivity index (χ0v) is 12.9. The van der Waals surface area contributed by atoms with Crippen LogP contribution in [0.1, 0.15) is 39.7 Å². The smallest absolute Gasteiger partial charge is 0.0998 e. The zero-order chi connectivity index (χ0) is 13.6. The number of rotatable bonds is 2. The van der Waals surface area contributed by atoms with Crippen molar-refractivity contribution >= 4 is 15.9 Å². The molecule has 2 rings (SSSR count). The van der Waals surface area contributed by atoms with Gasteiger partial charge in [0.15, 0.2) is 0 Å². The van der Waals surface area contributed by atoms with E-state index in [1.807, 2.05) is 33.8 Å². The van der Waals surface area contributed by atoms with E-state index in [-0.39, 0.29) is 5.60 Å². The van der Waals surface area contributed by atoms with Crippen molar-refractivity contribution in [2.75, 3.05) is 0 Å². The molecule has 1 aliphatic heterocycles. The highest BCUT2D eigenvalue weighted by Crippen LogP contribution is 2.46. The molecule has 100 valence electrons. The van der Waals surface area contributed by atoms with E-state index in [2.05, 4.69) is 20.9 Å². The van der Waals surface area contributed by atoms with E-state index in [1.165, 1.54) is 0 Å². The van der Waals surface area contributed by atoms with Crippen LogP contribution in [0.5, 0.6) is 0 Å². The third-order valence-corrected chi connectivity index (χ3v) is 4.06. The lowest BCUT2D eigenvalue weighted by atomic mass is 9.78. The Balaban J connectivity index is 2.27. The molecule has 0 amide bonds. The van der Waals surface area contributed by atoms with Gasteiger partial charge in [-0.25, -0.2) is 0 Å². The number of hydrogen-bond donors (Lipinski definition) is 1. The van der Waals surface area contributed by atoms with Crippen LogP contribution in [0.25, 0.3) is 0 Å². The summed E-state index contributed by atoms with van der Waals surface area (Å²) in [6, 6.07) is 1.99. The van der Waals surface area contributed by atoms with Crippen molar-refractivity contribution in [1.82, 2.24) is 4.98 Å². The minimum atomic E-state index is -0.862. The zero-order valence-electron chi connectivity index (χ0n) is 11.3. The molecule has 0 bridgehead atoms. The summed E-state index contributed by atoms with van der Waals surface area (Å²) in [4.78, 5) is 4.14. The van der Waals surface area contributed by atoms with Gasteiger partial charge in [0.05, 0.1) is 16.8 Å². The number of nitrogens with zero attached hydrogens (tertiary/aromatic N) is 1. The van der Waals surface area contributed by atoms with Crippen LogP contribution in [0.15, 0.2) is 22.9 Å². The Morgan fingerprint density at radius 3 is 2.50 bits per heavy atom. The van der Waals surface area contributed by atoms with Crippen LogP contribution in [0.4, 0.5) is 0 Å². The van der Waals surface area contributed by atoms with Crippen LogP contribution in [0, 0.1) is 0 Å². The average Bonchev–Trinajstić information content (AvgIpc) is 2.29. The van der Waals surface area contributed by atoms with Gasteiger partial charge in [0.2, 0.25) is 0 Å². The Morgan fingerprint density at radius 1 is 1.33 bits per heavy atom. The summed E-state index contributed by atoms with van der Waals surface area (Å²) < 4.78 is 6.90. The molecular formula is C14H20BrNO2. The first kappa shape index (κ1) is 14.0. The molecule has 2 heterocycles. The summed E-state index contributed by atoms with van der Waals surface area (Å²) in [5.41, 5.74) is -0.698. The Kier molecular flexibility index (Phi) is 3.33. The van der Waals surface area contributed by atoms with E-state index < -0.39 is 11.2 Å². The van der Waals surface area contributed by atoms with Crippen molar-refractivity contribution in [2.45, 2.75) is 57.3 Å². The quantitative estimate of drug-likeness (QED) is 0.912. The Morgan fingerprint density at radius 2 is 2.00 bits per heavy atom. The largest absolute Gasteiger partial charge is 0.386 e. The second kappa shape index (κ2) is 4.29. The molecule has 0 spiro atoms. The van der Waals surface area contributed by atoms with Crippen LogP contribution < -0.4 is 0 Å². The van der Waals surface area contributed by atoms with Gasteiger partial charge in [-0.2, -0.15) is 0 Å². The molecule has 3 nitrogen and oxygen atoms in total. The summed E-state index contributed by atoms with van der Waals surface area (Å²) in [7, 11) is 0. The van der Waals surface area contributed by atoms with E-state index in [0.29, 0.717) is 12.8 Å². The minimum absolute atomic E-state index is 0.294. The van der Waals surface area contributed by atoms with E-state index in [4.69, 9.17) is 4.74 Å². The molecule has 1 fully saturated rings. The number of ether oxygens (including phenoxy) is 1. The molecule has 1 unspecified atom stereocenters. The van der Waals surface area contributed by atoms with Crippen LogP contribution in [0.3, 0.4) is 0 Å². The second-order valence-corrected chi connectivity index (χ2v) is 7.18. The average molecular weight is 314 g/mol. The normalized spacial score (nSPS) is 29.4. The van der Waals surface area contributed by atoms with Crippen molar-refractivity contribution in [2.24, 2.45) is 0 Å². The molecule has 0 aliphatic carbocycles. The summed E-state index contributed by atoms with van der Waals surface area (Å²) >= 11 is 3.40. The van der Waals surface area contributed by atoms with E-state index >= 15 is 0 Å². The highest BCUT2D eigenvalue weighted by molar-refractivity contribution is 9.10. The Hall–Kier alpha value is -0.450. The topological polar surface area (TPSA) is 42.4 Å². The van der Waals surface area contributed by atoms with Crippen LogP contribution in [0.2, 0.25) is 0 Å². The molecule has 1 aliphatic rings. The maximum atomic E-state index is 10.9. The minimum Gasteiger partial charge on any atom is -0.386 e. The third kappa shape index (κ3) is 2.60. The van der Waals surface area contributed by atoms with Crippen LogP contribution in [-0.2, 0) is 11.2 Å². The van der Waals surface area contributed by atoms with Gasteiger partial charge in [-0.3, -0.25) is 4.98 Å². The molecule has 1 atom stereocenters. The summed E-state index contributed by atoms with van der Waals surface area (Å²) in [6.07, 6.45) is 4.72. The summed E-state index contributed by atoms with van der Waals surface area (Å²) in [5.74, 6) is 0. The molecule has 1 aromatic heterocycles. The number of pyridine rings is 1. The first-order valence-electron chi connectivity index (χ1n) is 6.16. The monoisotopic (exact) mass is 313 g/mol. The van der Waals surface area contributed by atoms with Gasteiger partial charge in [0.25, 0.3) is 0 Å². The van der Waals surface area contributed by atoms with Gasteiger partial charge in [-0.1, -0.05) is 0 Å². The standard InChI is InChI=1S/C14H20BrNO2/c1-12(2)9-14(17,13(3,4)18-12)6-10-5-11(15)8-16-7-10/h5,7-8,17H,6,9H2,1-4H3. The molecule has 18 heavy (non-hydrogen) atoms. The lowest BCUT2D eigenvalue weighted by molar-refractivity contribution is -0.125. The first-order valence-corrected chi connectivity index (χ1v) is 6.95. The highest BCUT2D eigenvalue weighted by Gasteiger charge is 2.56. The molecule has 1 saturated heterocycles. The van der Waals surface area contributed by atoms with Crippen LogP contribution >= 0.6 is 15.9 Å². The SMILES string of the molecule is CC1(C)CC(O)(Cc2cncc(Br)c2)C(C)(C)O1. The van der Waals surface area contributed by atoms with Crippen molar-refractivity contribution in [3.63, 3.8) is 0 Å². The Bertz CT molecular complexity index is 459. The van der Waals surface area contributed by atoms with Gasteiger partial charge in [0, 0.05) is 29.7 Å². The number of halogens is 1. The lowest BCUT2D eigenvalue weighted by Gasteiger charge is -2.35. The fourth-order valence-electron chi connectivity index (χ4n) is 2.90. The van der Waals surface area contributed by atoms with Gasteiger partial charge in [-0.05, 0) is 55.3 Å². The fourth-order valence-corrected chi connectivity index (χ4v) is 3.32. The summed E-state index contributed by atoms with van der Waals surface area (Å²) in [5, 5.41) is 10.9. The van der Waals surface area contributed by atoms with Gasteiger partial charge >= 0.3 is 0 Å². The maximum Gasteiger partial charge on any atom is 0.0998 e. The van der Waals surface area contributed by atoms with Gasteiger partial charge in [0.1, 0.15) is 0 Å². The van der Waals surface area contributed by atoms with E-state index in [0.717, 1.165) is 10.0 Å². The molecule has 0 saturated carbocycles. The van der Waals surface area contributed by atoms with Crippen LogP contribution in [-0.4, -0.2) is 26.9 Å². The van der Waals surface area contributed by atoms with Crippen molar-refractivity contribution in [1.29, 1.82) is 0 Å². The van der Waals surface area contributed by atoms with Gasteiger partial charge < -0.3 is 9.84 Å². The predicted octanol–water partition coefficient (Wildman–Crippen LogP) is 3.10. The van der Waals surface area contributed by atoms with E-state index in [9.17, 15) is 5.11 Å². The fraction of sp³-hybridized carbons (Fsp3) is 0.643. The summed E-state index contributed by atoms with van der Waals surface area (Å²) in [6.45, 7) is 7.94. The van der Waals surface area contributed by atoms with E-state index in [1.54, 1.807) is 12.4 Å². The number of aromatic nitrogens is 1. The van der Waals surface area contributed by atoms with Crippen molar-refractivity contribution in [3.8, 4) is 0 Å². The predicted molar refractivity (Wildman–Crippen MR) is 74.5 cm³/mol. The number of hydrogen-bond acceptors (Lipinski definition) is 3. The molecule has 0 aromatic carbocycles. The molecule has 1 N–H and O–H groups in total. The maximum absolute atomic E-state index is 10.9. The molecule has 4 heteroatoms. The Labute approximate surface area is 117 Å². The molecule has 1 aromatic rings. The number of aliphatic hydroxyl groups is 1. The highest BCUT2D eigenvalue weighted by atomic mass is 79.9. The lowest BCUT2D eigenvalue weighted by Crippen LogP contribution is -2.48. The third-order valence-electron chi connectivity index (χ3n) is 3.63. The molecular weight excluding hydrogens is 294 g/mol. The van der Waals surface area contributed by atoms with Crippen molar-refractivity contribution < 1.29 is 9.84 Å². The second-order valence-electron chi connectivity index (χ2n) is 6.27. The molecule has 0 radical (unpaired) electrons. The first-order chi connectivity index (χ1) is 8.14.